The van der Waals surface area contributed by atoms with Gasteiger partial charge < -0.3 is 14.7 Å². The number of quaternary nitrogens is 1. The molecule has 1 aliphatic heterocycles. The van der Waals surface area contributed by atoms with E-state index in [0.29, 0.717) is 6.61 Å². The Balaban J connectivity index is 1.50. The SMILES string of the molecule is CC[C@H]1CCCC[NH+]1C[C@H](O)CO[C@@H]1CCCc2ccccc21. The Bertz CT molecular complexity index is 490. The van der Waals surface area contributed by atoms with Gasteiger partial charge in [0.2, 0.25) is 0 Å². The van der Waals surface area contributed by atoms with Crippen LogP contribution < -0.4 is 4.90 Å². The highest BCUT2D eigenvalue weighted by atomic mass is 16.5. The molecule has 1 aromatic rings. The Morgan fingerprint density at radius 1 is 1.22 bits per heavy atom. The quantitative estimate of drug-likeness (QED) is 0.844. The van der Waals surface area contributed by atoms with E-state index in [2.05, 4.69) is 31.2 Å². The summed E-state index contributed by atoms with van der Waals surface area (Å²) in [4.78, 5) is 1.58. The minimum absolute atomic E-state index is 0.174. The summed E-state index contributed by atoms with van der Waals surface area (Å²) in [7, 11) is 0. The molecule has 0 spiro atoms. The van der Waals surface area contributed by atoms with Gasteiger partial charge >= 0.3 is 0 Å². The van der Waals surface area contributed by atoms with E-state index < -0.39 is 0 Å². The van der Waals surface area contributed by atoms with E-state index in [-0.39, 0.29) is 12.2 Å². The number of fused-ring (bicyclic) bond motifs is 1. The van der Waals surface area contributed by atoms with E-state index in [1.165, 1.54) is 49.8 Å². The van der Waals surface area contributed by atoms with Gasteiger partial charge in [-0.25, -0.2) is 0 Å². The number of rotatable bonds is 6. The van der Waals surface area contributed by atoms with Crippen molar-refractivity contribution in [2.45, 2.75) is 70.1 Å². The van der Waals surface area contributed by atoms with Gasteiger partial charge in [-0.2, -0.15) is 0 Å². The van der Waals surface area contributed by atoms with Crippen molar-refractivity contribution in [2.75, 3.05) is 19.7 Å². The van der Waals surface area contributed by atoms with E-state index >= 15 is 0 Å². The van der Waals surface area contributed by atoms with Crippen molar-refractivity contribution in [3.63, 3.8) is 0 Å². The third kappa shape index (κ3) is 4.34. The zero-order chi connectivity index (χ0) is 16.1. The van der Waals surface area contributed by atoms with Crippen molar-refractivity contribution in [3.8, 4) is 0 Å². The minimum atomic E-state index is -0.341. The number of aliphatic hydroxyl groups excluding tert-OH is 1. The van der Waals surface area contributed by atoms with Crippen molar-refractivity contribution in [1.82, 2.24) is 0 Å². The highest BCUT2D eigenvalue weighted by Gasteiger charge is 2.27. The second-order valence-electron chi connectivity index (χ2n) is 7.28. The molecule has 0 aromatic heterocycles. The molecule has 3 rings (SSSR count). The standard InChI is InChI=1S/C20H31NO2/c1-2-17-10-5-6-13-21(17)14-18(22)15-23-20-12-7-9-16-8-3-4-11-19(16)20/h3-4,8,11,17-18,20,22H,2,5-7,9-10,12-15H2,1H3/p+1/t17-,18-,20+/m0/s1. The third-order valence-corrected chi connectivity index (χ3v) is 5.67. The van der Waals surface area contributed by atoms with Crippen molar-refractivity contribution in [1.29, 1.82) is 0 Å². The average Bonchev–Trinajstić information content (AvgIpc) is 2.60. The van der Waals surface area contributed by atoms with E-state index in [1.54, 1.807) is 4.90 Å². The van der Waals surface area contributed by atoms with Crippen LogP contribution in [0.3, 0.4) is 0 Å². The van der Waals surface area contributed by atoms with Crippen molar-refractivity contribution >= 4 is 0 Å². The summed E-state index contributed by atoms with van der Waals surface area (Å²) in [6, 6.07) is 9.34. The van der Waals surface area contributed by atoms with Crippen molar-refractivity contribution in [2.24, 2.45) is 0 Å². The molecular weight excluding hydrogens is 286 g/mol. The van der Waals surface area contributed by atoms with Crippen LogP contribution in [0.15, 0.2) is 24.3 Å². The lowest BCUT2D eigenvalue weighted by Gasteiger charge is -2.33. The van der Waals surface area contributed by atoms with Gasteiger partial charge in [0.25, 0.3) is 0 Å². The monoisotopic (exact) mass is 318 g/mol. The maximum absolute atomic E-state index is 10.4. The lowest BCUT2D eigenvalue weighted by Crippen LogP contribution is -3.17. The summed E-state index contributed by atoms with van der Waals surface area (Å²) in [5, 5.41) is 10.4. The fourth-order valence-corrected chi connectivity index (χ4v) is 4.38. The number of ether oxygens (including phenoxy) is 1. The summed E-state index contributed by atoms with van der Waals surface area (Å²) in [6.07, 6.45) is 8.45. The molecule has 2 aliphatic rings. The molecular formula is C20H32NO2+. The van der Waals surface area contributed by atoms with E-state index in [4.69, 9.17) is 4.74 Å². The highest BCUT2D eigenvalue weighted by molar-refractivity contribution is 5.31. The summed E-state index contributed by atoms with van der Waals surface area (Å²) in [5.74, 6) is 0. The predicted molar refractivity (Wildman–Crippen MR) is 92.7 cm³/mol. The zero-order valence-corrected chi connectivity index (χ0v) is 14.5. The molecule has 1 fully saturated rings. The minimum Gasteiger partial charge on any atom is -0.385 e. The molecule has 0 radical (unpaired) electrons. The van der Waals surface area contributed by atoms with E-state index in [0.717, 1.165) is 25.4 Å². The molecule has 2 N–H and O–H groups in total. The van der Waals surface area contributed by atoms with Gasteiger partial charge in [-0.15, -0.1) is 0 Å². The van der Waals surface area contributed by atoms with E-state index in [1.807, 2.05) is 0 Å². The molecule has 0 saturated carbocycles. The molecule has 3 heteroatoms. The third-order valence-electron chi connectivity index (χ3n) is 5.67. The van der Waals surface area contributed by atoms with Crippen LogP contribution in [0.25, 0.3) is 0 Å². The summed E-state index contributed by atoms with van der Waals surface area (Å²) in [6.45, 7) is 4.80. The molecule has 1 saturated heterocycles. The van der Waals surface area contributed by atoms with Gasteiger partial charge in [-0.3, -0.25) is 0 Å². The van der Waals surface area contributed by atoms with Gasteiger partial charge in [-0.1, -0.05) is 31.2 Å². The molecule has 1 aromatic carbocycles. The molecule has 1 aliphatic carbocycles. The van der Waals surface area contributed by atoms with E-state index in [9.17, 15) is 5.11 Å². The summed E-state index contributed by atoms with van der Waals surface area (Å²) >= 11 is 0. The molecule has 0 amide bonds. The fraction of sp³-hybridized carbons (Fsp3) is 0.700. The van der Waals surface area contributed by atoms with Crippen LogP contribution in [0.1, 0.15) is 62.7 Å². The normalized spacial score (nSPS) is 29.0. The number of hydrogen-bond donors (Lipinski definition) is 2. The molecule has 1 unspecified atom stereocenters. The number of aryl methyl sites for hydroxylation is 1. The number of benzene rings is 1. The van der Waals surface area contributed by atoms with Gasteiger partial charge in [-0.05, 0) is 56.1 Å². The second-order valence-corrected chi connectivity index (χ2v) is 7.28. The van der Waals surface area contributed by atoms with Crippen LogP contribution in [0.5, 0.6) is 0 Å². The second kappa shape index (κ2) is 8.27. The lowest BCUT2D eigenvalue weighted by atomic mass is 9.89. The molecule has 128 valence electrons. The maximum atomic E-state index is 10.4. The molecule has 4 atom stereocenters. The smallest absolute Gasteiger partial charge is 0.126 e. The number of hydrogen-bond acceptors (Lipinski definition) is 2. The number of piperidine rings is 1. The average molecular weight is 318 g/mol. The Labute approximate surface area is 140 Å². The summed E-state index contributed by atoms with van der Waals surface area (Å²) < 4.78 is 6.12. The Morgan fingerprint density at radius 2 is 2.09 bits per heavy atom. The lowest BCUT2D eigenvalue weighted by molar-refractivity contribution is -0.933. The largest absolute Gasteiger partial charge is 0.385 e. The van der Waals surface area contributed by atoms with Crippen LogP contribution in [0, 0.1) is 0 Å². The van der Waals surface area contributed by atoms with Gasteiger partial charge in [0.15, 0.2) is 0 Å². The van der Waals surface area contributed by atoms with Gasteiger partial charge in [0.05, 0.1) is 25.3 Å². The molecule has 0 bridgehead atoms. The van der Waals surface area contributed by atoms with Crippen molar-refractivity contribution in [3.05, 3.63) is 35.4 Å². The topological polar surface area (TPSA) is 33.9 Å². The van der Waals surface area contributed by atoms with Crippen LogP contribution >= 0.6 is 0 Å². The highest BCUT2D eigenvalue weighted by Crippen LogP contribution is 2.32. The van der Waals surface area contributed by atoms with Gasteiger partial charge in [0, 0.05) is 0 Å². The Hall–Kier alpha value is -0.900. The Morgan fingerprint density at radius 3 is 2.96 bits per heavy atom. The molecule has 1 heterocycles. The van der Waals surface area contributed by atoms with Crippen LogP contribution in [0.4, 0.5) is 0 Å². The Kier molecular flexibility index (Phi) is 6.09. The van der Waals surface area contributed by atoms with Gasteiger partial charge in [0.1, 0.15) is 12.6 Å². The van der Waals surface area contributed by atoms with Crippen LogP contribution in [0.2, 0.25) is 0 Å². The first-order valence-electron chi connectivity index (χ1n) is 9.50. The first kappa shape index (κ1) is 16.9. The zero-order valence-electron chi connectivity index (χ0n) is 14.5. The predicted octanol–water partition coefficient (Wildman–Crippen LogP) is 2.29. The van der Waals surface area contributed by atoms with Crippen LogP contribution in [-0.4, -0.2) is 36.9 Å². The first-order chi connectivity index (χ1) is 11.3. The van der Waals surface area contributed by atoms with Crippen molar-refractivity contribution < 1.29 is 14.7 Å². The molecule has 23 heavy (non-hydrogen) atoms. The molecule has 3 nitrogen and oxygen atoms in total. The first-order valence-corrected chi connectivity index (χ1v) is 9.50. The summed E-state index contributed by atoms with van der Waals surface area (Å²) in [5.41, 5.74) is 2.76. The number of likely N-dealkylation sites (tertiary alicyclic amines) is 1. The fourth-order valence-electron chi connectivity index (χ4n) is 4.38. The maximum Gasteiger partial charge on any atom is 0.126 e. The van der Waals surface area contributed by atoms with Crippen LogP contribution in [-0.2, 0) is 11.2 Å². The number of nitrogens with one attached hydrogen (secondary N) is 1. The number of aliphatic hydroxyl groups is 1.